The highest BCUT2D eigenvalue weighted by atomic mass is 35.5. The van der Waals surface area contributed by atoms with Crippen molar-refractivity contribution in [1.29, 1.82) is 0 Å². The van der Waals surface area contributed by atoms with Crippen LogP contribution < -0.4 is 10.6 Å². The number of carbonyl (C=O) groups excluding carboxylic acids is 1. The molecule has 3 rings (SSSR count). The van der Waals surface area contributed by atoms with E-state index in [2.05, 4.69) is 20.6 Å². The number of carbonyl (C=O) groups is 1. The molecule has 5 nitrogen and oxygen atoms in total. The van der Waals surface area contributed by atoms with Crippen LogP contribution in [0.4, 0.5) is 17.3 Å². The molecular weight excluding hydrogens is 371 g/mol. The van der Waals surface area contributed by atoms with Crippen LogP contribution in [-0.2, 0) is 0 Å². The van der Waals surface area contributed by atoms with Crippen LogP contribution in [0.5, 0.6) is 0 Å². The number of hydrogen-bond acceptors (Lipinski definition) is 4. The van der Waals surface area contributed by atoms with E-state index in [1.165, 1.54) is 6.20 Å². The summed E-state index contributed by atoms with van der Waals surface area (Å²) in [5.41, 5.74) is 3.39. The first-order chi connectivity index (χ1) is 12.4. The van der Waals surface area contributed by atoms with Gasteiger partial charge in [0.15, 0.2) is 0 Å². The Morgan fingerprint density at radius 3 is 2.62 bits per heavy atom. The van der Waals surface area contributed by atoms with Gasteiger partial charge in [0.05, 0.1) is 0 Å². The largest absolute Gasteiger partial charge is 0.324 e. The molecule has 0 saturated carbocycles. The van der Waals surface area contributed by atoms with Crippen molar-refractivity contribution in [3.63, 3.8) is 0 Å². The molecule has 3 aromatic rings. The Bertz CT molecular complexity index is 976. The molecule has 0 fully saturated rings. The van der Waals surface area contributed by atoms with Gasteiger partial charge in [-0.2, -0.15) is 0 Å². The van der Waals surface area contributed by atoms with Crippen LogP contribution in [0.3, 0.4) is 0 Å². The number of aromatic nitrogens is 2. The highest BCUT2D eigenvalue weighted by Gasteiger charge is 2.12. The minimum atomic E-state index is -0.345. The fourth-order valence-corrected chi connectivity index (χ4v) is 2.63. The maximum atomic E-state index is 12.5. The summed E-state index contributed by atoms with van der Waals surface area (Å²) in [5, 5.41) is 7.08. The minimum absolute atomic E-state index is 0.236. The van der Waals surface area contributed by atoms with Crippen molar-refractivity contribution >= 4 is 46.4 Å². The monoisotopic (exact) mass is 386 g/mol. The molecule has 7 heteroatoms. The van der Waals surface area contributed by atoms with E-state index in [0.29, 0.717) is 21.7 Å². The predicted octanol–water partition coefficient (Wildman–Crippen LogP) is 5.40. The van der Waals surface area contributed by atoms with Gasteiger partial charge in [-0.25, -0.2) is 9.97 Å². The van der Waals surface area contributed by atoms with Crippen molar-refractivity contribution in [1.82, 2.24) is 9.97 Å². The van der Waals surface area contributed by atoms with Gasteiger partial charge in [-0.1, -0.05) is 35.3 Å². The third-order valence-corrected chi connectivity index (χ3v) is 4.65. The van der Waals surface area contributed by atoms with Crippen molar-refractivity contribution in [3.05, 3.63) is 75.5 Å². The second-order valence-corrected chi connectivity index (χ2v) is 6.54. The van der Waals surface area contributed by atoms with Crippen LogP contribution >= 0.6 is 23.2 Å². The van der Waals surface area contributed by atoms with Crippen molar-refractivity contribution in [2.24, 2.45) is 0 Å². The average molecular weight is 387 g/mol. The van der Waals surface area contributed by atoms with Crippen LogP contribution in [0.25, 0.3) is 0 Å². The minimum Gasteiger partial charge on any atom is -0.324 e. The highest BCUT2D eigenvalue weighted by Crippen LogP contribution is 2.24. The first-order valence-electron chi connectivity index (χ1n) is 7.87. The molecule has 132 valence electrons. The third-order valence-electron chi connectivity index (χ3n) is 3.83. The fraction of sp³-hybridized carbons (Fsp3) is 0.105. The number of aryl methyl sites for hydroxylation is 1. The molecule has 1 aromatic heterocycles. The van der Waals surface area contributed by atoms with Crippen molar-refractivity contribution in [2.75, 3.05) is 10.6 Å². The lowest BCUT2D eigenvalue weighted by molar-refractivity contribution is 0.102. The van der Waals surface area contributed by atoms with Gasteiger partial charge in [0, 0.05) is 27.6 Å². The second kappa shape index (κ2) is 7.72. The van der Waals surface area contributed by atoms with Gasteiger partial charge in [0.2, 0.25) is 5.95 Å². The standard InChI is InChI=1S/C19H16Cl2N4O/c1-11-6-7-13(10-15(11)21)23-19-22-9-8-17(25-19)18(26)24-16-5-3-4-14(20)12(16)2/h3-10H,1-2H3,(H,24,26)(H,22,23,25). The molecule has 2 N–H and O–H groups in total. The average Bonchev–Trinajstić information content (AvgIpc) is 2.62. The lowest BCUT2D eigenvalue weighted by atomic mass is 10.2. The fourth-order valence-electron chi connectivity index (χ4n) is 2.27. The van der Waals surface area contributed by atoms with E-state index in [1.54, 1.807) is 30.3 Å². The molecule has 0 aliphatic carbocycles. The molecule has 0 spiro atoms. The summed E-state index contributed by atoms with van der Waals surface area (Å²) in [6, 6.07) is 12.4. The Morgan fingerprint density at radius 1 is 1.04 bits per heavy atom. The van der Waals surface area contributed by atoms with Crippen LogP contribution in [0.2, 0.25) is 10.0 Å². The molecule has 1 heterocycles. The van der Waals surface area contributed by atoms with E-state index in [1.807, 2.05) is 26.0 Å². The molecule has 0 radical (unpaired) electrons. The van der Waals surface area contributed by atoms with E-state index >= 15 is 0 Å². The number of amides is 1. The SMILES string of the molecule is Cc1ccc(Nc2nccc(C(=O)Nc3cccc(Cl)c3C)n2)cc1Cl. The van der Waals surface area contributed by atoms with Crippen molar-refractivity contribution < 1.29 is 4.79 Å². The summed E-state index contributed by atoms with van der Waals surface area (Å²) < 4.78 is 0. The number of hydrogen-bond donors (Lipinski definition) is 2. The number of benzene rings is 2. The molecule has 1 amide bonds. The Balaban J connectivity index is 1.79. The summed E-state index contributed by atoms with van der Waals surface area (Å²) in [5.74, 6) is -0.0388. The first kappa shape index (κ1) is 18.2. The maximum absolute atomic E-state index is 12.5. The smallest absolute Gasteiger partial charge is 0.274 e. The number of rotatable bonds is 4. The predicted molar refractivity (Wildman–Crippen MR) is 106 cm³/mol. The Kier molecular flexibility index (Phi) is 5.40. The Morgan fingerprint density at radius 2 is 1.85 bits per heavy atom. The van der Waals surface area contributed by atoms with E-state index in [-0.39, 0.29) is 11.6 Å². The Hall–Kier alpha value is -2.63. The van der Waals surface area contributed by atoms with Crippen LogP contribution in [-0.4, -0.2) is 15.9 Å². The number of nitrogens with one attached hydrogen (secondary N) is 2. The second-order valence-electron chi connectivity index (χ2n) is 5.72. The molecule has 0 atom stereocenters. The number of anilines is 3. The van der Waals surface area contributed by atoms with Crippen LogP contribution in [0, 0.1) is 13.8 Å². The number of halogens is 2. The molecule has 26 heavy (non-hydrogen) atoms. The van der Waals surface area contributed by atoms with Gasteiger partial charge in [-0.15, -0.1) is 0 Å². The summed E-state index contributed by atoms with van der Waals surface area (Å²) >= 11 is 12.2. The summed E-state index contributed by atoms with van der Waals surface area (Å²) in [7, 11) is 0. The lowest BCUT2D eigenvalue weighted by Gasteiger charge is -2.10. The zero-order valence-electron chi connectivity index (χ0n) is 14.2. The Labute approximate surface area is 161 Å². The third kappa shape index (κ3) is 4.12. The van der Waals surface area contributed by atoms with E-state index in [0.717, 1.165) is 16.8 Å². The molecule has 0 unspecified atom stereocenters. The normalized spacial score (nSPS) is 10.5. The summed E-state index contributed by atoms with van der Waals surface area (Å²) in [6.45, 7) is 3.76. The van der Waals surface area contributed by atoms with Gasteiger partial charge >= 0.3 is 0 Å². The van der Waals surface area contributed by atoms with Gasteiger partial charge < -0.3 is 10.6 Å². The summed E-state index contributed by atoms with van der Waals surface area (Å²) in [4.78, 5) is 20.9. The first-order valence-corrected chi connectivity index (χ1v) is 8.62. The van der Waals surface area contributed by atoms with Crippen LogP contribution in [0.1, 0.15) is 21.6 Å². The molecule has 0 bridgehead atoms. The van der Waals surface area contributed by atoms with Crippen molar-refractivity contribution in [3.8, 4) is 0 Å². The van der Waals surface area contributed by atoms with Crippen molar-refractivity contribution in [2.45, 2.75) is 13.8 Å². The van der Waals surface area contributed by atoms with Gasteiger partial charge in [0.1, 0.15) is 5.69 Å². The van der Waals surface area contributed by atoms with Gasteiger partial charge in [-0.05, 0) is 55.3 Å². The lowest BCUT2D eigenvalue weighted by Crippen LogP contribution is -2.15. The maximum Gasteiger partial charge on any atom is 0.274 e. The van der Waals surface area contributed by atoms with E-state index in [4.69, 9.17) is 23.2 Å². The molecule has 0 saturated heterocycles. The molecule has 0 aliphatic rings. The summed E-state index contributed by atoms with van der Waals surface area (Å²) in [6.07, 6.45) is 1.52. The van der Waals surface area contributed by atoms with E-state index < -0.39 is 0 Å². The molecule has 0 aliphatic heterocycles. The topological polar surface area (TPSA) is 66.9 Å². The number of nitrogens with zero attached hydrogens (tertiary/aromatic N) is 2. The van der Waals surface area contributed by atoms with Gasteiger partial charge in [0.25, 0.3) is 5.91 Å². The molecular formula is C19H16Cl2N4O. The van der Waals surface area contributed by atoms with Crippen LogP contribution in [0.15, 0.2) is 48.7 Å². The highest BCUT2D eigenvalue weighted by molar-refractivity contribution is 6.32. The van der Waals surface area contributed by atoms with Gasteiger partial charge in [-0.3, -0.25) is 4.79 Å². The van der Waals surface area contributed by atoms with E-state index in [9.17, 15) is 4.79 Å². The zero-order valence-corrected chi connectivity index (χ0v) is 15.7. The quantitative estimate of drug-likeness (QED) is 0.629. The molecule has 2 aromatic carbocycles. The zero-order chi connectivity index (χ0) is 18.7.